The largest absolute Gasteiger partial charge is 0.479 e. The molecule has 3 aliphatic rings. The molecule has 6 N–H and O–H groups in total. The normalized spacial score (nSPS) is 37.3. The molecule has 0 aromatic heterocycles. The zero-order valence-electron chi connectivity index (χ0n) is 20.1. The summed E-state index contributed by atoms with van der Waals surface area (Å²) in [5, 5.41) is 60.9. The van der Waals surface area contributed by atoms with E-state index < -0.39 is 67.5 Å². The number of hydrogen-bond acceptors (Lipinski definition) is 12. The summed E-state index contributed by atoms with van der Waals surface area (Å²) in [7, 11) is 0. The zero-order chi connectivity index (χ0) is 26.4. The van der Waals surface area contributed by atoms with Crippen LogP contribution in [0.3, 0.4) is 0 Å². The number of aliphatic hydroxyl groups excluding tert-OH is 5. The van der Waals surface area contributed by atoms with Crippen LogP contribution in [0.15, 0.2) is 18.2 Å². The first kappa shape index (κ1) is 26.9. The molecule has 0 unspecified atom stereocenters. The molecule has 8 atom stereocenters. The highest BCUT2D eigenvalue weighted by molar-refractivity contribution is 5.95. The quantitative estimate of drug-likeness (QED) is 0.238. The smallest absolute Gasteiger partial charge is 0.229 e. The second-order valence-corrected chi connectivity index (χ2v) is 9.84. The lowest BCUT2D eigenvalue weighted by Gasteiger charge is -2.41. The maximum Gasteiger partial charge on any atom is 0.229 e. The number of Topliss-reactive ketones (excluding diaryl/α,β-unsaturated/α-hetero) is 1. The molecule has 2 fully saturated rings. The van der Waals surface area contributed by atoms with Crippen molar-refractivity contribution in [1.82, 2.24) is 0 Å². The molecule has 2 saturated heterocycles. The van der Waals surface area contributed by atoms with Gasteiger partial charge in [-0.1, -0.05) is 6.08 Å². The predicted molar refractivity (Wildman–Crippen MR) is 121 cm³/mol. The number of benzene rings is 1. The van der Waals surface area contributed by atoms with Gasteiger partial charge in [-0.05, 0) is 39.0 Å². The molecular formula is C24H32O12. The lowest BCUT2D eigenvalue weighted by Crippen LogP contribution is -2.60. The molecule has 0 amide bonds. The van der Waals surface area contributed by atoms with E-state index in [1.54, 1.807) is 12.1 Å². The van der Waals surface area contributed by atoms with Crippen molar-refractivity contribution < 1.29 is 59.1 Å². The minimum absolute atomic E-state index is 0.0880. The van der Waals surface area contributed by atoms with Gasteiger partial charge in [0.25, 0.3) is 0 Å². The summed E-state index contributed by atoms with van der Waals surface area (Å²) in [4.78, 5) is 12.1. The second-order valence-electron chi connectivity index (χ2n) is 9.84. The highest BCUT2D eigenvalue weighted by atomic mass is 16.7. The van der Waals surface area contributed by atoms with E-state index in [0.717, 1.165) is 0 Å². The van der Waals surface area contributed by atoms with Gasteiger partial charge in [0.2, 0.25) is 6.29 Å². The molecule has 36 heavy (non-hydrogen) atoms. The van der Waals surface area contributed by atoms with Crippen LogP contribution >= 0.6 is 0 Å². The standard InChI is InChI=1S/C24H32O12/c1-11(26)13-6-12-4-5-23(2,3)36-19(12)14(7-13)34-21-18(29)17(28)16(27)15(35-21)8-32-22-20(30)24(31,9-25)10-33-22/h4-7,15-18,20-22,25,27-31H,8-10H2,1-3H3/t15-,16-,17+,18-,20+,21-,22-,24-/m1/s1. The van der Waals surface area contributed by atoms with E-state index in [2.05, 4.69) is 0 Å². The van der Waals surface area contributed by atoms with Gasteiger partial charge in [0.05, 0.1) is 19.8 Å². The second kappa shape index (κ2) is 9.97. The van der Waals surface area contributed by atoms with E-state index in [1.807, 2.05) is 19.9 Å². The fourth-order valence-electron chi connectivity index (χ4n) is 4.14. The average molecular weight is 513 g/mol. The molecule has 0 bridgehead atoms. The molecule has 1 aromatic carbocycles. The molecule has 0 aliphatic carbocycles. The first-order valence-electron chi connectivity index (χ1n) is 11.5. The highest BCUT2D eigenvalue weighted by Crippen LogP contribution is 2.41. The minimum Gasteiger partial charge on any atom is -0.479 e. The van der Waals surface area contributed by atoms with Gasteiger partial charge in [0, 0.05) is 11.1 Å². The van der Waals surface area contributed by atoms with Crippen molar-refractivity contribution in [2.45, 2.75) is 75.1 Å². The van der Waals surface area contributed by atoms with Crippen LogP contribution < -0.4 is 9.47 Å². The Morgan fingerprint density at radius 2 is 1.83 bits per heavy atom. The van der Waals surface area contributed by atoms with Gasteiger partial charge in [-0.2, -0.15) is 0 Å². The molecule has 4 rings (SSSR count). The Hall–Kier alpha value is -2.13. The van der Waals surface area contributed by atoms with Crippen molar-refractivity contribution in [3.8, 4) is 11.5 Å². The average Bonchev–Trinajstić information content (AvgIpc) is 3.12. The number of ether oxygens (including phenoxy) is 5. The Bertz CT molecular complexity index is 1010. The summed E-state index contributed by atoms with van der Waals surface area (Å²) in [5.74, 6) is 0.165. The van der Waals surface area contributed by atoms with Crippen molar-refractivity contribution in [2.24, 2.45) is 0 Å². The lowest BCUT2D eigenvalue weighted by molar-refractivity contribution is -0.289. The van der Waals surface area contributed by atoms with Crippen LogP contribution in [-0.2, 0) is 14.2 Å². The Kier molecular flexibility index (Phi) is 7.45. The molecule has 12 nitrogen and oxygen atoms in total. The van der Waals surface area contributed by atoms with E-state index in [1.165, 1.54) is 13.0 Å². The van der Waals surface area contributed by atoms with E-state index in [9.17, 15) is 35.4 Å². The molecule has 3 aliphatic heterocycles. The molecule has 0 spiro atoms. The number of carbonyl (C=O) groups excluding carboxylic acids is 1. The van der Waals surface area contributed by atoms with E-state index in [-0.39, 0.29) is 18.1 Å². The van der Waals surface area contributed by atoms with Crippen LogP contribution in [0.2, 0.25) is 0 Å². The topological polar surface area (TPSA) is 185 Å². The van der Waals surface area contributed by atoms with E-state index >= 15 is 0 Å². The number of fused-ring (bicyclic) bond motifs is 1. The predicted octanol–water partition coefficient (Wildman–Crippen LogP) is -1.28. The van der Waals surface area contributed by atoms with Crippen molar-refractivity contribution in [3.63, 3.8) is 0 Å². The Morgan fingerprint density at radius 3 is 2.47 bits per heavy atom. The maximum atomic E-state index is 12.1. The molecule has 12 heteroatoms. The number of ketones is 1. The third-order valence-electron chi connectivity index (χ3n) is 6.44. The number of aliphatic hydroxyl groups is 6. The lowest BCUT2D eigenvalue weighted by atomic mass is 9.98. The monoisotopic (exact) mass is 512 g/mol. The summed E-state index contributed by atoms with van der Waals surface area (Å²) in [6.45, 7) is 3.48. The van der Waals surface area contributed by atoms with E-state index in [0.29, 0.717) is 16.9 Å². The van der Waals surface area contributed by atoms with Gasteiger partial charge >= 0.3 is 0 Å². The summed E-state index contributed by atoms with van der Waals surface area (Å²) >= 11 is 0. The molecular weight excluding hydrogens is 480 g/mol. The molecule has 200 valence electrons. The highest BCUT2D eigenvalue weighted by Gasteiger charge is 2.50. The van der Waals surface area contributed by atoms with Crippen molar-refractivity contribution in [1.29, 1.82) is 0 Å². The van der Waals surface area contributed by atoms with E-state index in [4.69, 9.17) is 23.7 Å². The summed E-state index contributed by atoms with van der Waals surface area (Å²) in [5.41, 5.74) is -1.68. The third-order valence-corrected chi connectivity index (χ3v) is 6.44. The van der Waals surface area contributed by atoms with Crippen LogP contribution in [0.25, 0.3) is 6.08 Å². The van der Waals surface area contributed by atoms with Gasteiger partial charge in [0.15, 0.2) is 23.6 Å². The maximum absolute atomic E-state index is 12.1. The third kappa shape index (κ3) is 5.14. The van der Waals surface area contributed by atoms with Crippen molar-refractivity contribution >= 4 is 11.9 Å². The SMILES string of the molecule is CC(=O)c1cc2c(c(O[C@@H]3O[C@H](CO[C@@H]4OC[C@](O)(CO)[C@H]4O)[C@@H](O)[C@H](O)[C@H]3O)c1)OC(C)(C)C=C2. The first-order valence-corrected chi connectivity index (χ1v) is 11.5. The first-order chi connectivity index (χ1) is 16.8. The summed E-state index contributed by atoms with van der Waals surface area (Å²) < 4.78 is 28.2. The van der Waals surface area contributed by atoms with Gasteiger partial charge in [0.1, 0.15) is 41.7 Å². The van der Waals surface area contributed by atoms with Crippen LogP contribution in [-0.4, -0.2) is 111 Å². The van der Waals surface area contributed by atoms with Crippen molar-refractivity contribution in [3.05, 3.63) is 29.3 Å². The number of hydrogen-bond donors (Lipinski definition) is 6. The Morgan fingerprint density at radius 1 is 1.11 bits per heavy atom. The summed E-state index contributed by atoms with van der Waals surface area (Å²) in [6.07, 6.45) is -6.99. The summed E-state index contributed by atoms with van der Waals surface area (Å²) in [6, 6.07) is 3.08. The Balaban J connectivity index is 1.53. The molecule has 0 radical (unpaired) electrons. The Labute approximate surface area is 207 Å². The van der Waals surface area contributed by atoms with Gasteiger partial charge in [-0.25, -0.2) is 0 Å². The van der Waals surface area contributed by atoms with Gasteiger partial charge < -0.3 is 54.3 Å². The van der Waals surface area contributed by atoms with Crippen LogP contribution in [0.4, 0.5) is 0 Å². The fraction of sp³-hybridized carbons (Fsp3) is 0.625. The molecule has 1 aromatic rings. The molecule has 0 saturated carbocycles. The minimum atomic E-state index is -1.90. The van der Waals surface area contributed by atoms with Crippen molar-refractivity contribution in [2.75, 3.05) is 19.8 Å². The molecule has 3 heterocycles. The van der Waals surface area contributed by atoms with Crippen LogP contribution in [0, 0.1) is 0 Å². The number of rotatable bonds is 7. The van der Waals surface area contributed by atoms with Gasteiger partial charge in [-0.3, -0.25) is 4.79 Å². The van der Waals surface area contributed by atoms with Crippen LogP contribution in [0.1, 0.15) is 36.7 Å². The van der Waals surface area contributed by atoms with Crippen LogP contribution in [0.5, 0.6) is 11.5 Å². The zero-order valence-corrected chi connectivity index (χ0v) is 20.1. The fourth-order valence-corrected chi connectivity index (χ4v) is 4.14. The van der Waals surface area contributed by atoms with Gasteiger partial charge in [-0.15, -0.1) is 0 Å². The number of carbonyl (C=O) groups is 1.